The van der Waals surface area contributed by atoms with Crippen LogP contribution in [0.5, 0.6) is 5.75 Å². The number of benzene rings is 4. The molecule has 14 nitrogen and oxygen atoms in total. The molecule has 5 aromatic rings. The summed E-state index contributed by atoms with van der Waals surface area (Å²) in [6.45, 7) is 2.04. The van der Waals surface area contributed by atoms with E-state index in [0.29, 0.717) is 28.1 Å². The van der Waals surface area contributed by atoms with Crippen molar-refractivity contribution in [3.05, 3.63) is 135 Å². The van der Waals surface area contributed by atoms with Crippen molar-refractivity contribution in [3.8, 4) is 11.8 Å². The van der Waals surface area contributed by atoms with Crippen LogP contribution in [0.25, 0.3) is 10.8 Å². The summed E-state index contributed by atoms with van der Waals surface area (Å²) < 4.78 is 92.3. The molecule has 19 heteroatoms. The van der Waals surface area contributed by atoms with Gasteiger partial charge in [0.1, 0.15) is 23.8 Å². The van der Waals surface area contributed by atoms with Crippen LogP contribution < -0.4 is 10.3 Å². The summed E-state index contributed by atoms with van der Waals surface area (Å²) >= 11 is 0. The topological polar surface area (TPSA) is 200 Å². The van der Waals surface area contributed by atoms with E-state index < -0.39 is 62.4 Å². The minimum Gasteiger partial charge on any atom is -0.491 e. The van der Waals surface area contributed by atoms with Crippen molar-refractivity contribution in [3.63, 3.8) is 0 Å². The van der Waals surface area contributed by atoms with E-state index in [1.165, 1.54) is 47.4 Å². The van der Waals surface area contributed by atoms with Crippen molar-refractivity contribution >= 4 is 38.2 Å². The number of nitrogens with one attached hydrogen (secondary N) is 1. The Morgan fingerprint density at radius 3 is 2.24 bits per heavy atom. The van der Waals surface area contributed by atoms with Crippen molar-refractivity contribution < 1.29 is 54.9 Å². The van der Waals surface area contributed by atoms with Gasteiger partial charge in [0.05, 0.1) is 64.1 Å². The molecule has 2 heterocycles. The normalized spacial score (nSPS) is 14.2. The Morgan fingerprint density at radius 1 is 0.889 bits per heavy atom. The fraction of sp³-hybridized carbons (Fsp3) is 0.318. The fourth-order valence-corrected chi connectivity index (χ4v) is 8.62. The molecule has 0 radical (unpaired) electrons. The molecule has 0 bridgehead atoms. The number of carbonyl (C=O) groups is 3. The molecule has 4 aromatic carbocycles. The van der Waals surface area contributed by atoms with Crippen LogP contribution in [0.1, 0.15) is 51.7 Å². The van der Waals surface area contributed by atoms with Gasteiger partial charge in [-0.2, -0.15) is 23.5 Å². The third-order valence-electron chi connectivity index (χ3n) is 10.4. The lowest BCUT2D eigenvalue weighted by atomic mass is 9.94. The SMILES string of the molecule is C[C@](O)(CS(=O)(=O)c1ccc(OCCOCCC(=O)N2CCN(C(=O)c3cc(Cc4n[nH]c(=O)c5ccccc45)ccc3F)CC2)cc1)C(=O)Cc1ccc(C#N)c(C(F)(F)F)c1. The molecular weight excluding hydrogens is 851 g/mol. The third-order valence-corrected chi connectivity index (χ3v) is 12.3. The number of nitriles is 1. The molecule has 2 amide bonds. The molecule has 0 unspecified atom stereocenters. The number of ketones is 1. The van der Waals surface area contributed by atoms with E-state index in [-0.39, 0.29) is 92.1 Å². The van der Waals surface area contributed by atoms with Crippen LogP contribution in [0.15, 0.2) is 94.6 Å². The Labute approximate surface area is 358 Å². The maximum Gasteiger partial charge on any atom is 0.417 e. The van der Waals surface area contributed by atoms with Crippen molar-refractivity contribution in [2.75, 3.05) is 51.8 Å². The number of alkyl halides is 3. The van der Waals surface area contributed by atoms with Gasteiger partial charge in [0.25, 0.3) is 11.5 Å². The molecule has 63 heavy (non-hydrogen) atoms. The average molecular weight is 892 g/mol. The molecule has 1 aliphatic heterocycles. The van der Waals surface area contributed by atoms with Crippen LogP contribution in [0.2, 0.25) is 0 Å². The second kappa shape index (κ2) is 19.3. The molecule has 1 saturated heterocycles. The van der Waals surface area contributed by atoms with Gasteiger partial charge in [-0.1, -0.05) is 30.3 Å². The number of amides is 2. The van der Waals surface area contributed by atoms with Crippen LogP contribution >= 0.6 is 0 Å². The largest absolute Gasteiger partial charge is 0.491 e. The van der Waals surface area contributed by atoms with E-state index in [4.69, 9.17) is 14.7 Å². The highest BCUT2D eigenvalue weighted by molar-refractivity contribution is 7.91. The Hall–Kier alpha value is -6.49. The van der Waals surface area contributed by atoms with Crippen LogP contribution in [-0.2, 0) is 43.2 Å². The Balaban J connectivity index is 0.905. The predicted molar refractivity (Wildman–Crippen MR) is 219 cm³/mol. The molecule has 1 fully saturated rings. The second-order valence-electron chi connectivity index (χ2n) is 15.0. The number of halogens is 4. The number of rotatable bonds is 16. The maximum absolute atomic E-state index is 14.9. The number of aliphatic hydroxyl groups is 1. The monoisotopic (exact) mass is 891 g/mol. The van der Waals surface area contributed by atoms with E-state index in [9.17, 15) is 50.3 Å². The van der Waals surface area contributed by atoms with Crippen LogP contribution in [0.4, 0.5) is 17.6 Å². The lowest BCUT2D eigenvalue weighted by molar-refractivity contribution is -0.138. The number of H-pyrrole nitrogens is 1. The number of aromatic nitrogens is 2. The molecule has 1 aliphatic rings. The number of nitrogens with zero attached hydrogens (tertiary/aromatic N) is 4. The summed E-state index contributed by atoms with van der Waals surface area (Å²) in [5, 5.41) is 27.5. The van der Waals surface area contributed by atoms with Crippen molar-refractivity contribution in [2.24, 2.45) is 0 Å². The van der Waals surface area contributed by atoms with Crippen LogP contribution in [-0.4, -0.2) is 108 Å². The minimum absolute atomic E-state index is 0.0470. The standard InChI is InChI=1S/C44H41F4N5O9S/c1-43(58,39(54)25-29-6-8-30(26-49)36(23-29)44(46,47)48)27-63(59,60)32-11-9-31(10-12-32)62-21-20-61-19-14-40(55)52-15-17-53(18-16-52)42(57)35-22-28(7-13-37(35)45)24-38-33-4-2-3-5-34(33)41(56)51-50-38/h2-13,22-23,58H,14-21,24-25,27H2,1H3,(H,51,56)/t43-/m0/s1. The minimum atomic E-state index is -4.86. The molecule has 0 saturated carbocycles. The number of Topliss-reactive ketones (excluding diaryl/α,β-unsaturated/α-hetero) is 1. The first-order valence-electron chi connectivity index (χ1n) is 19.6. The highest BCUT2D eigenvalue weighted by atomic mass is 32.2. The molecule has 6 rings (SSSR count). The number of aromatic amines is 1. The average Bonchev–Trinajstić information content (AvgIpc) is 3.25. The summed E-state index contributed by atoms with van der Waals surface area (Å²) in [6.07, 6.45) is -5.27. The molecule has 2 N–H and O–H groups in total. The summed E-state index contributed by atoms with van der Waals surface area (Å²) in [5.41, 5.74) is -3.73. The molecule has 1 atom stereocenters. The Bertz CT molecular complexity index is 2730. The van der Waals surface area contributed by atoms with Gasteiger partial charge in [-0.05, 0) is 72.6 Å². The van der Waals surface area contributed by atoms with Crippen LogP contribution in [0, 0.1) is 17.1 Å². The van der Waals surface area contributed by atoms with Gasteiger partial charge < -0.3 is 24.4 Å². The summed E-state index contributed by atoms with van der Waals surface area (Å²) in [7, 11) is -4.26. The highest BCUT2D eigenvalue weighted by Gasteiger charge is 2.38. The first kappa shape index (κ1) is 46.0. The summed E-state index contributed by atoms with van der Waals surface area (Å²) in [5.74, 6) is -3.19. The maximum atomic E-state index is 14.9. The zero-order chi connectivity index (χ0) is 45.5. The molecule has 0 aliphatic carbocycles. The van der Waals surface area contributed by atoms with Crippen molar-refractivity contribution in [1.82, 2.24) is 20.0 Å². The lowest BCUT2D eigenvalue weighted by Gasteiger charge is -2.35. The first-order chi connectivity index (χ1) is 29.9. The molecule has 330 valence electrons. The fourth-order valence-electron chi connectivity index (χ4n) is 7.00. The van der Waals surface area contributed by atoms with Gasteiger partial charge in [0.15, 0.2) is 15.6 Å². The van der Waals surface area contributed by atoms with E-state index in [1.807, 2.05) is 0 Å². The highest BCUT2D eigenvalue weighted by Crippen LogP contribution is 2.33. The Morgan fingerprint density at radius 2 is 1.56 bits per heavy atom. The zero-order valence-corrected chi connectivity index (χ0v) is 34.6. The number of sulfone groups is 1. The number of ether oxygens (including phenoxy) is 2. The molecular formula is C44H41F4N5O9S. The number of fused-ring (bicyclic) bond motifs is 1. The van der Waals surface area contributed by atoms with Gasteiger partial charge in [-0.15, -0.1) is 0 Å². The zero-order valence-electron chi connectivity index (χ0n) is 33.8. The summed E-state index contributed by atoms with van der Waals surface area (Å²) in [6, 6.07) is 20.4. The van der Waals surface area contributed by atoms with Gasteiger partial charge >= 0.3 is 6.18 Å². The predicted octanol–water partition coefficient (Wildman–Crippen LogP) is 4.65. The quantitative estimate of drug-likeness (QED) is 0.103. The van der Waals surface area contributed by atoms with Gasteiger partial charge in [0, 0.05) is 44.4 Å². The van der Waals surface area contributed by atoms with E-state index in [1.54, 1.807) is 35.2 Å². The molecule has 0 spiro atoms. The Kier molecular flexibility index (Phi) is 14.1. The first-order valence-corrected chi connectivity index (χ1v) is 21.2. The summed E-state index contributed by atoms with van der Waals surface area (Å²) in [4.78, 5) is 54.1. The number of hydrogen-bond donors (Lipinski definition) is 2. The van der Waals surface area contributed by atoms with Gasteiger partial charge in [0.2, 0.25) is 5.91 Å². The van der Waals surface area contributed by atoms with Gasteiger partial charge in [-0.3, -0.25) is 19.2 Å². The third kappa shape index (κ3) is 11.3. The second-order valence-corrected chi connectivity index (χ2v) is 17.0. The van der Waals surface area contributed by atoms with Gasteiger partial charge in [-0.25, -0.2) is 17.9 Å². The van der Waals surface area contributed by atoms with E-state index in [2.05, 4.69) is 10.2 Å². The molecule has 1 aromatic heterocycles. The lowest BCUT2D eigenvalue weighted by Crippen LogP contribution is -2.50. The number of carbonyl (C=O) groups excluding carboxylic acids is 3. The smallest absolute Gasteiger partial charge is 0.417 e. The number of hydrogen-bond acceptors (Lipinski definition) is 11. The van der Waals surface area contributed by atoms with Crippen molar-refractivity contribution in [2.45, 2.75) is 42.9 Å². The van der Waals surface area contributed by atoms with E-state index in [0.717, 1.165) is 19.1 Å². The number of piperazine rings is 1. The van der Waals surface area contributed by atoms with E-state index >= 15 is 0 Å². The van der Waals surface area contributed by atoms with Crippen LogP contribution in [0.3, 0.4) is 0 Å². The van der Waals surface area contributed by atoms with Crippen molar-refractivity contribution in [1.29, 1.82) is 5.26 Å².